The van der Waals surface area contributed by atoms with Crippen LogP contribution in [0.1, 0.15) is 17.2 Å². The van der Waals surface area contributed by atoms with E-state index in [1.54, 1.807) is 61.7 Å². The average molecular weight is 464 g/mol. The van der Waals surface area contributed by atoms with Crippen LogP contribution >= 0.6 is 0 Å². The maximum absolute atomic E-state index is 13.3. The molecule has 0 aliphatic heterocycles. The van der Waals surface area contributed by atoms with Crippen LogP contribution in [-0.2, 0) is 26.2 Å². The van der Waals surface area contributed by atoms with Gasteiger partial charge in [0, 0.05) is 20.1 Å². The van der Waals surface area contributed by atoms with Gasteiger partial charge in [0.15, 0.2) is 0 Å². The van der Waals surface area contributed by atoms with Gasteiger partial charge in [0.25, 0.3) is 0 Å². The van der Waals surface area contributed by atoms with E-state index in [9.17, 15) is 18.0 Å². The summed E-state index contributed by atoms with van der Waals surface area (Å²) >= 11 is 0. The quantitative estimate of drug-likeness (QED) is 0.508. The number of rotatable bonds is 11. The Morgan fingerprint density at radius 2 is 1.72 bits per heavy atom. The zero-order valence-electron chi connectivity index (χ0n) is 18.4. The second-order valence-electron chi connectivity index (χ2n) is 7.22. The van der Waals surface area contributed by atoms with E-state index >= 15 is 0 Å². The van der Waals surface area contributed by atoms with E-state index in [1.165, 1.54) is 11.9 Å². The van der Waals surface area contributed by atoms with Crippen molar-refractivity contribution in [3.05, 3.63) is 65.7 Å². The third kappa shape index (κ3) is 7.04. The Morgan fingerprint density at radius 3 is 2.25 bits per heavy atom. The van der Waals surface area contributed by atoms with Gasteiger partial charge in [-0.1, -0.05) is 42.5 Å². The molecule has 0 aromatic heterocycles. The lowest BCUT2D eigenvalue weighted by atomic mass is 10.0. The number of benzene rings is 2. The van der Waals surface area contributed by atoms with Crippen LogP contribution in [0.25, 0.3) is 0 Å². The van der Waals surface area contributed by atoms with Gasteiger partial charge in [-0.15, -0.1) is 0 Å². The fraction of sp³-hybridized carbons (Fsp3) is 0.364. The van der Waals surface area contributed by atoms with Crippen molar-refractivity contribution in [2.45, 2.75) is 12.6 Å². The minimum Gasteiger partial charge on any atom is -0.497 e. The lowest BCUT2D eigenvalue weighted by Crippen LogP contribution is -2.47. The second-order valence-corrected chi connectivity index (χ2v) is 9.31. The highest BCUT2D eigenvalue weighted by molar-refractivity contribution is 7.88. The highest BCUT2D eigenvalue weighted by atomic mass is 32.2. The predicted molar refractivity (Wildman–Crippen MR) is 120 cm³/mol. The molecular formula is C22H29N3O6S. The van der Waals surface area contributed by atoms with Crippen LogP contribution in [0, 0.1) is 0 Å². The summed E-state index contributed by atoms with van der Waals surface area (Å²) in [7, 11) is -0.750. The molecule has 2 aromatic carbocycles. The lowest BCUT2D eigenvalue weighted by molar-refractivity contribution is -0.141. The minimum atomic E-state index is -3.60. The monoisotopic (exact) mass is 463 g/mol. The van der Waals surface area contributed by atoms with Crippen LogP contribution < -0.4 is 10.1 Å². The van der Waals surface area contributed by atoms with Gasteiger partial charge in [-0.25, -0.2) is 8.42 Å². The normalized spacial score (nSPS) is 12.3. The first-order valence-corrected chi connectivity index (χ1v) is 11.8. The predicted octanol–water partition coefficient (Wildman–Crippen LogP) is 0.765. The Bertz CT molecular complexity index is 996. The van der Waals surface area contributed by atoms with Crippen molar-refractivity contribution in [1.82, 2.24) is 14.5 Å². The van der Waals surface area contributed by atoms with E-state index < -0.39 is 34.4 Å². The Kier molecular flexibility index (Phi) is 9.18. The Labute approximate surface area is 188 Å². The molecule has 0 bridgehead atoms. The van der Waals surface area contributed by atoms with Gasteiger partial charge in [-0.05, 0) is 23.3 Å². The molecule has 0 spiro atoms. The molecule has 0 aliphatic rings. The van der Waals surface area contributed by atoms with Crippen LogP contribution in [0.4, 0.5) is 0 Å². The molecule has 0 aliphatic carbocycles. The number of amides is 2. The van der Waals surface area contributed by atoms with Crippen LogP contribution in [0.15, 0.2) is 54.6 Å². The maximum Gasteiger partial charge on any atom is 0.247 e. The molecule has 2 N–H and O–H groups in total. The molecule has 9 nitrogen and oxygen atoms in total. The highest BCUT2D eigenvalue weighted by Crippen LogP contribution is 2.25. The van der Waals surface area contributed by atoms with Crippen molar-refractivity contribution in [2.24, 2.45) is 0 Å². The second kappa shape index (κ2) is 11.6. The van der Waals surface area contributed by atoms with Crippen molar-refractivity contribution in [1.29, 1.82) is 0 Å². The first-order valence-electron chi connectivity index (χ1n) is 9.94. The van der Waals surface area contributed by atoms with E-state index in [-0.39, 0.29) is 19.7 Å². The molecule has 2 amide bonds. The molecule has 10 heteroatoms. The molecule has 0 radical (unpaired) electrons. The Hall–Kier alpha value is -2.95. The first kappa shape index (κ1) is 25.3. The van der Waals surface area contributed by atoms with Crippen molar-refractivity contribution >= 4 is 21.8 Å². The zero-order chi connectivity index (χ0) is 23.7. The summed E-state index contributed by atoms with van der Waals surface area (Å²) in [4.78, 5) is 27.7. The third-order valence-electron chi connectivity index (χ3n) is 4.84. The molecule has 2 rings (SSSR count). The van der Waals surface area contributed by atoms with Gasteiger partial charge in [-0.3, -0.25) is 9.59 Å². The SMILES string of the molecule is COc1ccc(CN(C(=O)CN(C)S(C)(=O)=O)[C@H](C(=O)NCCO)c2ccccc2)cc1. The van der Waals surface area contributed by atoms with E-state index in [0.717, 1.165) is 16.1 Å². The Balaban J connectivity index is 2.47. The molecule has 0 unspecified atom stereocenters. The number of methoxy groups -OCH3 is 1. The van der Waals surface area contributed by atoms with Crippen molar-refractivity contribution in [2.75, 3.05) is 40.1 Å². The molecular weight excluding hydrogens is 434 g/mol. The van der Waals surface area contributed by atoms with Gasteiger partial charge in [-0.2, -0.15) is 4.31 Å². The van der Waals surface area contributed by atoms with Gasteiger partial charge in [0.1, 0.15) is 11.8 Å². The number of carbonyl (C=O) groups is 2. The summed E-state index contributed by atoms with van der Waals surface area (Å²) in [6.07, 6.45) is 1.01. The number of likely N-dealkylation sites (N-methyl/N-ethyl adjacent to an activating group) is 1. The molecule has 1 atom stereocenters. The van der Waals surface area contributed by atoms with E-state index in [4.69, 9.17) is 9.84 Å². The number of nitrogens with zero attached hydrogens (tertiary/aromatic N) is 2. The molecule has 174 valence electrons. The maximum atomic E-state index is 13.3. The molecule has 0 saturated heterocycles. The van der Waals surface area contributed by atoms with Crippen LogP contribution in [0.2, 0.25) is 0 Å². The highest BCUT2D eigenvalue weighted by Gasteiger charge is 2.32. The number of ether oxygens (including phenoxy) is 1. The van der Waals surface area contributed by atoms with E-state index in [1.807, 2.05) is 0 Å². The summed E-state index contributed by atoms with van der Waals surface area (Å²) in [6.45, 7) is -0.593. The minimum absolute atomic E-state index is 0.0238. The van der Waals surface area contributed by atoms with Crippen molar-refractivity contribution in [3.8, 4) is 5.75 Å². The number of carbonyl (C=O) groups excluding carboxylic acids is 2. The molecule has 32 heavy (non-hydrogen) atoms. The van der Waals surface area contributed by atoms with E-state index in [2.05, 4.69) is 5.32 Å². The molecule has 2 aromatic rings. The smallest absolute Gasteiger partial charge is 0.247 e. The molecule has 0 saturated carbocycles. The number of aliphatic hydroxyl groups excluding tert-OH is 1. The molecule has 0 fully saturated rings. The van der Waals surface area contributed by atoms with Crippen LogP contribution in [0.5, 0.6) is 5.75 Å². The summed E-state index contributed by atoms with van der Waals surface area (Å²) in [6, 6.07) is 14.7. The number of nitrogens with one attached hydrogen (secondary N) is 1. The number of hydrogen-bond donors (Lipinski definition) is 2. The van der Waals surface area contributed by atoms with Crippen LogP contribution in [-0.4, -0.2) is 74.7 Å². The van der Waals surface area contributed by atoms with Gasteiger partial charge >= 0.3 is 0 Å². The van der Waals surface area contributed by atoms with Gasteiger partial charge in [0.05, 0.1) is 26.5 Å². The first-order chi connectivity index (χ1) is 15.2. The number of aliphatic hydroxyl groups is 1. The summed E-state index contributed by atoms with van der Waals surface area (Å²) in [5, 5.41) is 11.7. The van der Waals surface area contributed by atoms with Crippen molar-refractivity contribution in [3.63, 3.8) is 0 Å². The standard InChI is InChI=1S/C22H29N3O6S/c1-24(32(3,29)30)16-20(27)25(15-17-9-11-19(31-2)12-10-17)21(22(28)23-13-14-26)18-7-5-4-6-8-18/h4-12,21,26H,13-16H2,1-3H3,(H,23,28)/t21-/m0/s1. The largest absolute Gasteiger partial charge is 0.497 e. The summed E-state index contributed by atoms with van der Waals surface area (Å²) in [5.41, 5.74) is 1.30. The third-order valence-corrected chi connectivity index (χ3v) is 6.10. The lowest BCUT2D eigenvalue weighted by Gasteiger charge is -2.32. The fourth-order valence-electron chi connectivity index (χ4n) is 3.03. The van der Waals surface area contributed by atoms with Gasteiger partial charge < -0.3 is 20.1 Å². The van der Waals surface area contributed by atoms with Crippen LogP contribution in [0.3, 0.4) is 0 Å². The van der Waals surface area contributed by atoms with Gasteiger partial charge in [0.2, 0.25) is 21.8 Å². The fourth-order valence-corrected chi connectivity index (χ4v) is 3.38. The Morgan fingerprint density at radius 1 is 1.09 bits per heavy atom. The number of hydrogen-bond acceptors (Lipinski definition) is 6. The summed E-state index contributed by atoms with van der Waals surface area (Å²) in [5.74, 6) is -0.375. The number of sulfonamides is 1. The topological polar surface area (TPSA) is 116 Å². The molecule has 0 heterocycles. The zero-order valence-corrected chi connectivity index (χ0v) is 19.2. The van der Waals surface area contributed by atoms with E-state index in [0.29, 0.717) is 11.3 Å². The average Bonchev–Trinajstić information content (AvgIpc) is 2.77. The van der Waals surface area contributed by atoms with Crippen molar-refractivity contribution < 1.29 is 27.9 Å². The summed E-state index contributed by atoms with van der Waals surface area (Å²) < 4.78 is 29.8.